The maximum Gasteiger partial charge on any atom is 0.248 e. The lowest BCUT2D eigenvalue weighted by Gasteiger charge is -2.12. The predicted octanol–water partition coefficient (Wildman–Crippen LogP) is 4.51. The Hall–Kier alpha value is -3.64. The van der Waals surface area contributed by atoms with Crippen molar-refractivity contribution in [2.75, 3.05) is 0 Å². The second-order valence-corrected chi connectivity index (χ2v) is 7.94. The fourth-order valence-corrected chi connectivity index (χ4v) is 4.35. The first-order valence-electron chi connectivity index (χ1n) is 10.1. The zero-order valence-electron chi connectivity index (χ0n) is 16.7. The number of aromatic nitrogens is 3. The van der Waals surface area contributed by atoms with Crippen molar-refractivity contribution in [3.63, 3.8) is 0 Å². The number of allylic oxidation sites excluding steroid dienone is 3. The average Bonchev–Trinajstić information content (AvgIpc) is 3.41. The first-order valence-corrected chi connectivity index (χ1v) is 10.1. The highest BCUT2D eigenvalue weighted by atomic mass is 16.7. The normalized spacial score (nSPS) is 18.2. The molecule has 2 aromatic carbocycles. The van der Waals surface area contributed by atoms with E-state index in [4.69, 9.17) is 9.82 Å². The third-order valence-corrected chi connectivity index (χ3v) is 5.87. The quantitative estimate of drug-likeness (QED) is 0.476. The van der Waals surface area contributed by atoms with E-state index in [0.29, 0.717) is 0 Å². The van der Waals surface area contributed by atoms with Crippen LogP contribution in [-0.4, -0.2) is 21.0 Å². The van der Waals surface area contributed by atoms with E-state index < -0.39 is 0 Å². The van der Waals surface area contributed by atoms with Crippen molar-refractivity contribution >= 4 is 33.1 Å². The number of hydroxylamine groups is 1. The lowest BCUT2D eigenvalue weighted by atomic mass is 9.93. The number of H-pyrrole nitrogens is 2. The molecule has 1 unspecified atom stereocenters. The van der Waals surface area contributed by atoms with Crippen LogP contribution in [0.15, 0.2) is 59.1 Å². The van der Waals surface area contributed by atoms with Crippen LogP contribution in [0, 0.1) is 0 Å². The molecule has 30 heavy (non-hydrogen) atoms. The molecule has 0 spiro atoms. The molecule has 0 radical (unpaired) electrons. The minimum atomic E-state index is -0.106. The van der Waals surface area contributed by atoms with Gasteiger partial charge in [-0.2, -0.15) is 0 Å². The summed E-state index contributed by atoms with van der Waals surface area (Å²) >= 11 is 0. The van der Waals surface area contributed by atoms with Crippen molar-refractivity contribution in [3.8, 4) is 11.1 Å². The number of rotatable bonds is 3. The molecule has 2 aromatic heterocycles. The second kappa shape index (κ2) is 6.18. The van der Waals surface area contributed by atoms with Gasteiger partial charge >= 0.3 is 0 Å². The summed E-state index contributed by atoms with van der Waals surface area (Å²) in [6, 6.07) is 13.8. The molecule has 0 bridgehead atoms. The largest absolute Gasteiger partial charge is 0.413 e. The lowest BCUT2D eigenvalue weighted by molar-refractivity contribution is 0.122. The number of imidazole rings is 1. The van der Waals surface area contributed by atoms with E-state index in [2.05, 4.69) is 46.6 Å². The molecule has 0 amide bonds. The van der Waals surface area contributed by atoms with E-state index >= 15 is 0 Å². The van der Waals surface area contributed by atoms with Gasteiger partial charge in [0.2, 0.25) is 5.56 Å². The van der Waals surface area contributed by atoms with Gasteiger partial charge in [-0.25, -0.2) is 4.98 Å². The van der Waals surface area contributed by atoms with Gasteiger partial charge in [0.1, 0.15) is 11.6 Å². The first kappa shape index (κ1) is 17.2. The highest BCUT2D eigenvalue weighted by Gasteiger charge is 2.25. The number of benzene rings is 2. The highest BCUT2D eigenvalue weighted by molar-refractivity contribution is 6.04. The number of nitrogens with zero attached hydrogens (tertiary/aromatic N) is 1. The summed E-state index contributed by atoms with van der Waals surface area (Å²) in [7, 11) is 0. The van der Waals surface area contributed by atoms with Crippen molar-refractivity contribution in [1.82, 2.24) is 20.4 Å². The van der Waals surface area contributed by atoms with Crippen LogP contribution in [0.4, 0.5) is 0 Å². The molecule has 6 rings (SSSR count). The lowest BCUT2D eigenvalue weighted by Crippen LogP contribution is -2.18. The van der Waals surface area contributed by atoms with Crippen LogP contribution in [0.25, 0.3) is 44.2 Å². The smallest absolute Gasteiger partial charge is 0.248 e. The summed E-state index contributed by atoms with van der Waals surface area (Å²) in [6.07, 6.45) is 3.15. The number of aromatic amines is 2. The third kappa shape index (κ3) is 2.61. The molecule has 3 N–H and O–H groups in total. The summed E-state index contributed by atoms with van der Waals surface area (Å²) < 4.78 is 0. The van der Waals surface area contributed by atoms with E-state index in [1.807, 2.05) is 25.1 Å². The minimum Gasteiger partial charge on any atom is -0.413 e. The van der Waals surface area contributed by atoms with Gasteiger partial charge in [0.05, 0.1) is 17.1 Å². The maximum atomic E-state index is 11.8. The summed E-state index contributed by atoms with van der Waals surface area (Å²) in [5, 5.41) is 0.991. The Morgan fingerprint density at radius 2 is 1.93 bits per heavy atom. The molecule has 1 aliphatic heterocycles. The van der Waals surface area contributed by atoms with E-state index in [0.717, 1.165) is 62.2 Å². The molecule has 0 fully saturated rings. The van der Waals surface area contributed by atoms with Crippen molar-refractivity contribution in [1.29, 1.82) is 0 Å². The van der Waals surface area contributed by atoms with E-state index in [1.165, 1.54) is 5.57 Å². The van der Waals surface area contributed by atoms with Crippen LogP contribution >= 0.6 is 0 Å². The van der Waals surface area contributed by atoms with Crippen LogP contribution in [0.2, 0.25) is 0 Å². The van der Waals surface area contributed by atoms with Crippen LogP contribution < -0.4 is 11.0 Å². The molecule has 1 aliphatic carbocycles. The van der Waals surface area contributed by atoms with Crippen LogP contribution in [-0.2, 0) is 4.84 Å². The minimum absolute atomic E-state index is 0.0905. The van der Waals surface area contributed by atoms with Crippen molar-refractivity contribution in [3.05, 3.63) is 76.0 Å². The van der Waals surface area contributed by atoms with Crippen LogP contribution in [0.5, 0.6) is 0 Å². The molecular formula is C24H20N4O2. The topological polar surface area (TPSA) is 82.8 Å². The van der Waals surface area contributed by atoms with Crippen molar-refractivity contribution < 1.29 is 4.84 Å². The molecular weight excluding hydrogens is 376 g/mol. The summed E-state index contributed by atoms with van der Waals surface area (Å²) in [5.74, 6) is 1.80. The Kier molecular flexibility index (Phi) is 3.55. The summed E-state index contributed by atoms with van der Waals surface area (Å²) in [5.41, 5.74) is 11.2. The number of hydrogen-bond acceptors (Lipinski definition) is 4. The van der Waals surface area contributed by atoms with Gasteiger partial charge in [-0.1, -0.05) is 18.2 Å². The van der Waals surface area contributed by atoms with Gasteiger partial charge in [0, 0.05) is 28.1 Å². The molecule has 6 nitrogen and oxygen atoms in total. The van der Waals surface area contributed by atoms with Crippen LogP contribution in [0.3, 0.4) is 0 Å². The standard InChI is InChI=1S/C24H20N4O2/c1-12-22(13(2)30-28-12)15-10-18(23-20(11-15)26-24(27-23)14-6-7-14)16-4-3-5-19-17(16)8-9-21(29)25-19/h3-6,8-12,28H,7H2,1-2H3,(H,25,29)(H,26,27). The molecule has 3 heterocycles. The zero-order valence-corrected chi connectivity index (χ0v) is 16.7. The van der Waals surface area contributed by atoms with Gasteiger partial charge in [0.25, 0.3) is 0 Å². The highest BCUT2D eigenvalue weighted by Crippen LogP contribution is 2.39. The number of pyridine rings is 1. The Morgan fingerprint density at radius 3 is 2.70 bits per heavy atom. The molecule has 1 atom stereocenters. The van der Waals surface area contributed by atoms with Crippen molar-refractivity contribution in [2.24, 2.45) is 0 Å². The number of hydrogen-bond donors (Lipinski definition) is 3. The second-order valence-electron chi connectivity index (χ2n) is 7.94. The average molecular weight is 396 g/mol. The molecule has 0 saturated heterocycles. The fourth-order valence-electron chi connectivity index (χ4n) is 4.35. The van der Waals surface area contributed by atoms with Crippen LogP contribution in [0.1, 0.15) is 31.7 Å². The molecule has 4 aromatic rings. The molecule has 148 valence electrons. The van der Waals surface area contributed by atoms with Gasteiger partial charge in [-0.05, 0) is 61.2 Å². The Balaban J connectivity index is 1.68. The molecule has 0 saturated carbocycles. The summed E-state index contributed by atoms with van der Waals surface area (Å²) in [4.78, 5) is 28.8. The van der Waals surface area contributed by atoms with E-state index in [1.54, 1.807) is 6.07 Å². The Labute approximate surface area is 172 Å². The Morgan fingerprint density at radius 1 is 1.07 bits per heavy atom. The summed E-state index contributed by atoms with van der Waals surface area (Å²) in [6.45, 7) is 4.07. The van der Waals surface area contributed by atoms with Gasteiger partial charge in [-0.3, -0.25) is 4.79 Å². The van der Waals surface area contributed by atoms with Gasteiger partial charge < -0.3 is 14.8 Å². The monoisotopic (exact) mass is 396 g/mol. The third-order valence-electron chi connectivity index (χ3n) is 5.87. The Bertz CT molecular complexity index is 1470. The van der Waals surface area contributed by atoms with E-state index in [9.17, 15) is 4.79 Å². The zero-order chi connectivity index (χ0) is 20.4. The van der Waals surface area contributed by atoms with Gasteiger partial charge in [0.15, 0.2) is 0 Å². The number of nitrogens with one attached hydrogen (secondary N) is 3. The SMILES string of the molecule is CC1=C(c2cc(-c3cccc4[nH]c(=O)ccc34)c3nc(C4=CC4)[nH]c3c2)C(C)NO1. The maximum absolute atomic E-state index is 11.8. The van der Waals surface area contributed by atoms with E-state index in [-0.39, 0.29) is 11.6 Å². The molecule has 2 aliphatic rings. The number of fused-ring (bicyclic) bond motifs is 2. The predicted molar refractivity (Wildman–Crippen MR) is 119 cm³/mol. The fraction of sp³-hybridized carbons (Fsp3) is 0.167. The van der Waals surface area contributed by atoms with Gasteiger partial charge in [-0.15, -0.1) is 5.48 Å². The first-order chi connectivity index (χ1) is 14.6. The van der Waals surface area contributed by atoms with Crippen molar-refractivity contribution in [2.45, 2.75) is 26.3 Å². The molecule has 6 heteroatoms.